The second-order valence-electron chi connectivity index (χ2n) is 3.39. The minimum atomic E-state index is -0.396. The van der Waals surface area contributed by atoms with Crippen LogP contribution in [-0.2, 0) is 6.54 Å². The van der Waals surface area contributed by atoms with E-state index >= 15 is 0 Å². The van der Waals surface area contributed by atoms with Crippen LogP contribution in [0.1, 0.15) is 16.1 Å². The zero-order valence-electron chi connectivity index (χ0n) is 8.74. The summed E-state index contributed by atoms with van der Waals surface area (Å²) in [5.41, 5.74) is 0.393. The highest BCUT2D eigenvalue weighted by molar-refractivity contribution is 9.10. The van der Waals surface area contributed by atoms with Gasteiger partial charge in [-0.05, 0) is 46.3 Å². The molecule has 5 heteroatoms. The molecular formula is C12H9BrFNO2. The Morgan fingerprint density at radius 2 is 2.24 bits per heavy atom. The summed E-state index contributed by atoms with van der Waals surface area (Å²) in [7, 11) is 0. The number of benzene rings is 1. The molecule has 0 bridgehead atoms. The van der Waals surface area contributed by atoms with Gasteiger partial charge in [-0.3, -0.25) is 4.79 Å². The third kappa shape index (κ3) is 2.94. The van der Waals surface area contributed by atoms with Crippen molar-refractivity contribution in [3.8, 4) is 0 Å². The first-order valence-electron chi connectivity index (χ1n) is 4.92. The topological polar surface area (TPSA) is 42.2 Å². The summed E-state index contributed by atoms with van der Waals surface area (Å²) >= 11 is 3.03. The van der Waals surface area contributed by atoms with E-state index in [1.54, 1.807) is 12.1 Å². The Labute approximate surface area is 106 Å². The van der Waals surface area contributed by atoms with E-state index in [2.05, 4.69) is 21.2 Å². The van der Waals surface area contributed by atoms with Gasteiger partial charge in [0.2, 0.25) is 0 Å². The normalized spacial score (nSPS) is 10.2. The number of carbonyl (C=O) groups excluding carboxylic acids is 1. The van der Waals surface area contributed by atoms with E-state index in [0.29, 0.717) is 17.9 Å². The maximum absolute atomic E-state index is 13.0. The van der Waals surface area contributed by atoms with Crippen molar-refractivity contribution in [3.05, 3.63) is 58.2 Å². The molecule has 0 atom stereocenters. The van der Waals surface area contributed by atoms with E-state index < -0.39 is 5.82 Å². The average molecular weight is 298 g/mol. The maximum atomic E-state index is 13.0. The highest BCUT2D eigenvalue weighted by Crippen LogP contribution is 2.16. The van der Waals surface area contributed by atoms with E-state index in [1.165, 1.54) is 24.5 Å². The van der Waals surface area contributed by atoms with Crippen molar-refractivity contribution in [3.63, 3.8) is 0 Å². The van der Waals surface area contributed by atoms with Crippen molar-refractivity contribution in [2.24, 2.45) is 0 Å². The first-order valence-corrected chi connectivity index (χ1v) is 5.72. The highest BCUT2D eigenvalue weighted by Gasteiger charge is 2.08. The first kappa shape index (κ1) is 11.9. The molecule has 2 rings (SSSR count). The van der Waals surface area contributed by atoms with Crippen LogP contribution in [0, 0.1) is 5.82 Å². The van der Waals surface area contributed by atoms with Gasteiger partial charge in [-0.25, -0.2) is 4.39 Å². The van der Waals surface area contributed by atoms with Crippen LogP contribution >= 0.6 is 15.9 Å². The molecule has 0 saturated carbocycles. The van der Waals surface area contributed by atoms with Gasteiger partial charge in [0.15, 0.2) is 0 Å². The average Bonchev–Trinajstić information content (AvgIpc) is 2.82. The summed E-state index contributed by atoms with van der Waals surface area (Å²) in [5, 5.41) is 2.67. The molecule has 1 heterocycles. The number of furan rings is 1. The summed E-state index contributed by atoms with van der Waals surface area (Å²) < 4.78 is 18.3. The van der Waals surface area contributed by atoms with Crippen LogP contribution in [-0.4, -0.2) is 5.91 Å². The molecule has 0 saturated heterocycles. The molecule has 3 nitrogen and oxygen atoms in total. The molecular weight excluding hydrogens is 289 g/mol. The molecule has 0 spiro atoms. The van der Waals surface area contributed by atoms with E-state index in [9.17, 15) is 9.18 Å². The minimum absolute atomic E-state index is 0.267. The number of rotatable bonds is 3. The molecule has 0 radical (unpaired) electrons. The van der Waals surface area contributed by atoms with Crippen molar-refractivity contribution in [1.82, 2.24) is 5.32 Å². The Bertz CT molecular complexity index is 525. The Balaban J connectivity index is 2.02. The molecule has 1 aromatic carbocycles. The zero-order chi connectivity index (χ0) is 12.3. The Morgan fingerprint density at radius 1 is 1.41 bits per heavy atom. The number of halogens is 2. The summed E-state index contributed by atoms with van der Waals surface area (Å²) in [6, 6.07) is 7.62. The Kier molecular flexibility index (Phi) is 3.58. The van der Waals surface area contributed by atoms with Crippen LogP contribution in [0.4, 0.5) is 4.39 Å². The van der Waals surface area contributed by atoms with Gasteiger partial charge in [-0.2, -0.15) is 0 Å². The van der Waals surface area contributed by atoms with Gasteiger partial charge in [0, 0.05) is 5.56 Å². The Hall–Kier alpha value is -1.62. The molecule has 88 valence electrons. The standard InChI is InChI=1S/C12H9BrFNO2/c13-10-6-8(3-4-11(10)14)12(16)15-7-9-2-1-5-17-9/h1-6H,7H2,(H,15,16). The smallest absolute Gasteiger partial charge is 0.251 e. The van der Waals surface area contributed by atoms with E-state index in [1.807, 2.05) is 0 Å². The van der Waals surface area contributed by atoms with Crippen molar-refractivity contribution in [2.75, 3.05) is 0 Å². The third-order valence-electron chi connectivity index (χ3n) is 2.19. The second-order valence-corrected chi connectivity index (χ2v) is 4.25. The quantitative estimate of drug-likeness (QED) is 0.946. The monoisotopic (exact) mass is 297 g/mol. The van der Waals surface area contributed by atoms with Crippen molar-refractivity contribution in [1.29, 1.82) is 0 Å². The summed E-state index contributed by atoms with van der Waals surface area (Å²) in [6.07, 6.45) is 1.54. The summed E-state index contributed by atoms with van der Waals surface area (Å²) in [5.74, 6) is -0.00536. The molecule has 1 aromatic heterocycles. The van der Waals surface area contributed by atoms with Gasteiger partial charge in [0.25, 0.3) is 5.91 Å². The predicted octanol–water partition coefficient (Wildman–Crippen LogP) is 3.11. The lowest BCUT2D eigenvalue weighted by Gasteiger charge is -2.04. The molecule has 0 aliphatic rings. The fraction of sp³-hybridized carbons (Fsp3) is 0.0833. The largest absolute Gasteiger partial charge is 0.467 e. The number of carbonyl (C=O) groups is 1. The van der Waals surface area contributed by atoms with Gasteiger partial charge in [-0.1, -0.05) is 0 Å². The third-order valence-corrected chi connectivity index (χ3v) is 2.79. The van der Waals surface area contributed by atoms with Crippen LogP contribution in [0.5, 0.6) is 0 Å². The lowest BCUT2D eigenvalue weighted by molar-refractivity contribution is 0.0948. The van der Waals surface area contributed by atoms with Crippen LogP contribution in [0.3, 0.4) is 0 Å². The minimum Gasteiger partial charge on any atom is -0.467 e. The number of hydrogen-bond donors (Lipinski definition) is 1. The lowest BCUT2D eigenvalue weighted by atomic mass is 10.2. The van der Waals surface area contributed by atoms with Crippen LogP contribution in [0.2, 0.25) is 0 Å². The maximum Gasteiger partial charge on any atom is 0.251 e. The van der Waals surface area contributed by atoms with Crippen molar-refractivity contribution in [2.45, 2.75) is 6.54 Å². The summed E-state index contributed by atoms with van der Waals surface area (Å²) in [6.45, 7) is 0.306. The first-order chi connectivity index (χ1) is 8.16. The predicted molar refractivity (Wildman–Crippen MR) is 64.0 cm³/mol. The molecule has 1 N–H and O–H groups in total. The fourth-order valence-corrected chi connectivity index (χ4v) is 1.70. The van der Waals surface area contributed by atoms with Gasteiger partial charge < -0.3 is 9.73 Å². The summed E-state index contributed by atoms with van der Waals surface area (Å²) in [4.78, 5) is 11.7. The molecule has 0 fully saturated rings. The molecule has 0 unspecified atom stereocenters. The van der Waals surface area contributed by atoms with E-state index in [-0.39, 0.29) is 10.4 Å². The highest BCUT2D eigenvalue weighted by atomic mass is 79.9. The van der Waals surface area contributed by atoms with Crippen molar-refractivity contribution < 1.29 is 13.6 Å². The van der Waals surface area contributed by atoms with Gasteiger partial charge in [0.1, 0.15) is 11.6 Å². The van der Waals surface area contributed by atoms with Gasteiger partial charge in [0.05, 0.1) is 17.3 Å². The van der Waals surface area contributed by atoms with Crippen LogP contribution in [0.15, 0.2) is 45.5 Å². The van der Waals surface area contributed by atoms with Crippen LogP contribution in [0.25, 0.3) is 0 Å². The molecule has 1 amide bonds. The van der Waals surface area contributed by atoms with Gasteiger partial charge in [-0.15, -0.1) is 0 Å². The Morgan fingerprint density at radius 3 is 2.88 bits per heavy atom. The number of amides is 1. The molecule has 17 heavy (non-hydrogen) atoms. The van der Waals surface area contributed by atoms with Gasteiger partial charge >= 0.3 is 0 Å². The zero-order valence-corrected chi connectivity index (χ0v) is 10.3. The van der Waals surface area contributed by atoms with E-state index in [0.717, 1.165) is 0 Å². The lowest BCUT2D eigenvalue weighted by Crippen LogP contribution is -2.22. The van der Waals surface area contributed by atoms with Crippen LogP contribution < -0.4 is 5.32 Å². The molecule has 0 aliphatic heterocycles. The number of hydrogen-bond acceptors (Lipinski definition) is 2. The molecule has 2 aromatic rings. The second kappa shape index (κ2) is 5.14. The SMILES string of the molecule is O=C(NCc1ccco1)c1ccc(F)c(Br)c1. The fourth-order valence-electron chi connectivity index (χ4n) is 1.32. The number of nitrogens with one attached hydrogen (secondary N) is 1. The molecule has 0 aliphatic carbocycles. The van der Waals surface area contributed by atoms with Crippen molar-refractivity contribution >= 4 is 21.8 Å². The van der Waals surface area contributed by atoms with E-state index in [4.69, 9.17) is 4.42 Å².